The second-order valence-corrected chi connectivity index (χ2v) is 7.20. The number of para-hydroxylation sites is 1. The number of aryl methyl sites for hydroxylation is 1. The molecule has 0 aliphatic heterocycles. The summed E-state index contributed by atoms with van der Waals surface area (Å²) in [4.78, 5) is 0. The van der Waals surface area contributed by atoms with Gasteiger partial charge in [0.05, 0.1) is 0 Å². The zero-order valence-electron chi connectivity index (χ0n) is 14.8. The van der Waals surface area contributed by atoms with Crippen LogP contribution < -0.4 is 0 Å². The van der Waals surface area contributed by atoms with Gasteiger partial charge >= 0.3 is 0 Å². The average molecular weight is 375 g/mol. The third kappa shape index (κ3) is 3.93. The summed E-state index contributed by atoms with van der Waals surface area (Å²) >= 11 is 1.62. The molecule has 0 spiro atoms. The maximum Gasteiger partial charge on any atom is 0.196 e. The third-order valence-electron chi connectivity index (χ3n) is 4.22. The molecule has 5 heteroatoms. The summed E-state index contributed by atoms with van der Waals surface area (Å²) < 4.78 is 15.7. The molecule has 4 aromatic rings. The van der Waals surface area contributed by atoms with Gasteiger partial charge < -0.3 is 0 Å². The summed E-state index contributed by atoms with van der Waals surface area (Å²) in [5, 5.41) is 9.52. The predicted molar refractivity (Wildman–Crippen MR) is 107 cm³/mol. The molecule has 0 saturated carbocycles. The lowest BCUT2D eigenvalue weighted by Gasteiger charge is -2.10. The number of rotatable bonds is 5. The molecule has 0 bridgehead atoms. The molecule has 0 atom stereocenters. The average Bonchev–Trinajstić information content (AvgIpc) is 3.12. The molecule has 0 fully saturated rings. The van der Waals surface area contributed by atoms with E-state index in [0.717, 1.165) is 16.6 Å². The number of halogens is 1. The topological polar surface area (TPSA) is 30.7 Å². The van der Waals surface area contributed by atoms with Gasteiger partial charge in [0.1, 0.15) is 5.82 Å². The minimum Gasteiger partial charge on any atom is -0.270 e. The first kappa shape index (κ1) is 17.5. The minimum atomic E-state index is -0.288. The molecule has 0 unspecified atom stereocenters. The molecule has 0 aliphatic carbocycles. The summed E-state index contributed by atoms with van der Waals surface area (Å²) in [7, 11) is 0. The van der Waals surface area contributed by atoms with E-state index in [0.29, 0.717) is 11.4 Å². The van der Waals surface area contributed by atoms with E-state index in [2.05, 4.69) is 41.4 Å². The monoisotopic (exact) mass is 375 g/mol. The van der Waals surface area contributed by atoms with E-state index in [1.807, 2.05) is 41.0 Å². The van der Waals surface area contributed by atoms with Crippen molar-refractivity contribution in [1.82, 2.24) is 14.8 Å². The number of hydrogen-bond donors (Lipinski definition) is 0. The van der Waals surface area contributed by atoms with Crippen LogP contribution in [0.3, 0.4) is 0 Å². The Hall–Kier alpha value is -2.92. The van der Waals surface area contributed by atoms with Gasteiger partial charge in [-0.25, -0.2) is 4.39 Å². The van der Waals surface area contributed by atoms with Crippen molar-refractivity contribution in [2.24, 2.45) is 0 Å². The first-order chi connectivity index (χ1) is 13.2. The zero-order valence-corrected chi connectivity index (χ0v) is 15.7. The van der Waals surface area contributed by atoms with Crippen LogP contribution in [0.4, 0.5) is 4.39 Å². The Morgan fingerprint density at radius 1 is 0.889 bits per heavy atom. The molecule has 134 valence electrons. The Morgan fingerprint density at radius 3 is 2.41 bits per heavy atom. The molecule has 27 heavy (non-hydrogen) atoms. The molecule has 1 aromatic heterocycles. The van der Waals surface area contributed by atoms with Crippen LogP contribution in [0.2, 0.25) is 0 Å². The molecule has 0 saturated heterocycles. The van der Waals surface area contributed by atoms with E-state index < -0.39 is 0 Å². The highest BCUT2D eigenvalue weighted by atomic mass is 32.2. The SMILES string of the molecule is Cc1ccc(CSc2nnc(-c3cccc(F)c3)n2-c2ccccc2)cc1. The molecule has 4 rings (SSSR count). The molecule has 0 aliphatic rings. The van der Waals surface area contributed by atoms with Crippen LogP contribution >= 0.6 is 11.8 Å². The van der Waals surface area contributed by atoms with Gasteiger partial charge in [0.25, 0.3) is 0 Å². The summed E-state index contributed by atoms with van der Waals surface area (Å²) in [6.45, 7) is 2.08. The van der Waals surface area contributed by atoms with Gasteiger partial charge in [-0.1, -0.05) is 71.9 Å². The summed E-state index contributed by atoms with van der Waals surface area (Å²) in [6.07, 6.45) is 0. The third-order valence-corrected chi connectivity index (χ3v) is 5.22. The maximum atomic E-state index is 13.7. The maximum absolute atomic E-state index is 13.7. The first-order valence-electron chi connectivity index (χ1n) is 8.66. The van der Waals surface area contributed by atoms with Crippen molar-refractivity contribution in [2.45, 2.75) is 17.8 Å². The quantitative estimate of drug-likeness (QED) is 0.421. The van der Waals surface area contributed by atoms with E-state index in [-0.39, 0.29) is 5.82 Å². The second-order valence-electron chi connectivity index (χ2n) is 6.26. The lowest BCUT2D eigenvalue weighted by atomic mass is 10.2. The van der Waals surface area contributed by atoms with Crippen molar-refractivity contribution in [3.8, 4) is 17.1 Å². The lowest BCUT2D eigenvalue weighted by Crippen LogP contribution is -1.99. The predicted octanol–water partition coefficient (Wildman–Crippen LogP) is 5.67. The van der Waals surface area contributed by atoms with Gasteiger partial charge in [0.2, 0.25) is 0 Å². The summed E-state index contributed by atoms with van der Waals surface area (Å²) in [5.41, 5.74) is 4.12. The van der Waals surface area contributed by atoms with Crippen LogP contribution in [0.5, 0.6) is 0 Å². The fourth-order valence-electron chi connectivity index (χ4n) is 2.82. The molecule has 3 nitrogen and oxygen atoms in total. The van der Waals surface area contributed by atoms with Crippen LogP contribution in [-0.2, 0) is 5.75 Å². The van der Waals surface area contributed by atoms with Gasteiger partial charge in [-0.05, 0) is 36.8 Å². The van der Waals surface area contributed by atoms with Gasteiger partial charge in [-0.3, -0.25) is 4.57 Å². The van der Waals surface area contributed by atoms with Crippen LogP contribution in [0.25, 0.3) is 17.1 Å². The summed E-state index contributed by atoms with van der Waals surface area (Å²) in [6, 6.07) is 24.8. The smallest absolute Gasteiger partial charge is 0.196 e. The van der Waals surface area contributed by atoms with Crippen molar-refractivity contribution >= 4 is 11.8 Å². The molecule has 0 radical (unpaired) electrons. The van der Waals surface area contributed by atoms with E-state index in [9.17, 15) is 4.39 Å². The fraction of sp³-hybridized carbons (Fsp3) is 0.0909. The van der Waals surface area contributed by atoms with Crippen LogP contribution in [0.15, 0.2) is 84.0 Å². The first-order valence-corrected chi connectivity index (χ1v) is 9.64. The molecular weight excluding hydrogens is 357 g/mol. The van der Waals surface area contributed by atoms with E-state index >= 15 is 0 Å². The lowest BCUT2D eigenvalue weighted by molar-refractivity contribution is 0.628. The highest BCUT2D eigenvalue weighted by molar-refractivity contribution is 7.98. The molecule has 1 heterocycles. The van der Waals surface area contributed by atoms with Gasteiger partial charge in [0.15, 0.2) is 11.0 Å². The molecule has 3 aromatic carbocycles. The highest BCUT2D eigenvalue weighted by Crippen LogP contribution is 2.30. The minimum absolute atomic E-state index is 0.288. The highest BCUT2D eigenvalue weighted by Gasteiger charge is 2.16. The normalized spacial score (nSPS) is 10.9. The van der Waals surface area contributed by atoms with Crippen LogP contribution in [-0.4, -0.2) is 14.8 Å². The number of aromatic nitrogens is 3. The standard InChI is InChI=1S/C22H18FN3S/c1-16-10-12-17(13-11-16)15-27-22-25-24-21(18-6-5-7-19(23)14-18)26(22)20-8-3-2-4-9-20/h2-14H,15H2,1H3. The van der Waals surface area contributed by atoms with Crippen LogP contribution in [0, 0.1) is 12.7 Å². The molecule has 0 N–H and O–H groups in total. The van der Waals surface area contributed by atoms with Crippen LogP contribution in [0.1, 0.15) is 11.1 Å². The van der Waals surface area contributed by atoms with Gasteiger partial charge in [-0.15, -0.1) is 10.2 Å². The largest absolute Gasteiger partial charge is 0.270 e. The van der Waals surface area contributed by atoms with Crippen molar-refractivity contribution in [3.05, 3.63) is 95.8 Å². The van der Waals surface area contributed by atoms with Crippen molar-refractivity contribution in [1.29, 1.82) is 0 Å². The zero-order chi connectivity index (χ0) is 18.6. The Labute approximate surface area is 161 Å². The molecule has 0 amide bonds. The Morgan fingerprint density at radius 2 is 1.67 bits per heavy atom. The van der Waals surface area contributed by atoms with Gasteiger partial charge in [-0.2, -0.15) is 0 Å². The van der Waals surface area contributed by atoms with Crippen molar-refractivity contribution in [3.63, 3.8) is 0 Å². The summed E-state index contributed by atoms with van der Waals surface area (Å²) in [5.74, 6) is 1.13. The fourth-order valence-corrected chi connectivity index (χ4v) is 3.73. The number of hydrogen-bond acceptors (Lipinski definition) is 3. The van der Waals surface area contributed by atoms with Crippen molar-refractivity contribution in [2.75, 3.05) is 0 Å². The van der Waals surface area contributed by atoms with E-state index in [1.165, 1.54) is 23.3 Å². The number of nitrogens with zero attached hydrogens (tertiary/aromatic N) is 3. The Bertz CT molecular complexity index is 1040. The second kappa shape index (κ2) is 7.76. The Kier molecular flexibility index (Phi) is 5.03. The number of thioether (sulfide) groups is 1. The van der Waals surface area contributed by atoms with Gasteiger partial charge in [0, 0.05) is 17.0 Å². The van der Waals surface area contributed by atoms with E-state index in [4.69, 9.17) is 0 Å². The van der Waals surface area contributed by atoms with E-state index in [1.54, 1.807) is 17.8 Å². The number of benzene rings is 3. The Balaban J connectivity index is 1.72. The molecular formula is C22H18FN3S. The van der Waals surface area contributed by atoms with Crippen molar-refractivity contribution < 1.29 is 4.39 Å².